The van der Waals surface area contributed by atoms with Gasteiger partial charge in [0, 0.05) is 20.3 Å². The summed E-state index contributed by atoms with van der Waals surface area (Å²) in [6.45, 7) is 3.51. The van der Waals surface area contributed by atoms with Gasteiger partial charge in [0.05, 0.1) is 18.2 Å². The molecule has 2 amide bonds. The lowest BCUT2D eigenvalue weighted by Crippen LogP contribution is -2.54. The van der Waals surface area contributed by atoms with Gasteiger partial charge in [-0.3, -0.25) is 19.2 Å². The Hall–Kier alpha value is -2.17. The number of hydrogen-bond donors (Lipinski definition) is 3. The normalized spacial score (nSPS) is 12.6. The molecule has 2 rings (SSSR count). The van der Waals surface area contributed by atoms with Crippen molar-refractivity contribution in [1.82, 2.24) is 10.6 Å². The first-order valence-corrected chi connectivity index (χ1v) is 13.2. The second-order valence-corrected chi connectivity index (χ2v) is 10.8. The van der Waals surface area contributed by atoms with Gasteiger partial charge in [-0.15, -0.1) is 11.8 Å². The van der Waals surface area contributed by atoms with E-state index in [-0.39, 0.29) is 17.5 Å². The number of carboxylic acids is 1. The van der Waals surface area contributed by atoms with Gasteiger partial charge < -0.3 is 15.7 Å². The number of amides is 2. The summed E-state index contributed by atoms with van der Waals surface area (Å²) >= 11 is 8.01. The molecule has 0 aromatic heterocycles. The zero-order valence-corrected chi connectivity index (χ0v) is 22.7. The third-order valence-corrected chi connectivity index (χ3v) is 6.74. The van der Waals surface area contributed by atoms with Crippen LogP contribution in [0.5, 0.6) is 0 Å². The number of carbonyl (C=O) groups excluding carboxylic acids is 3. The maximum Gasteiger partial charge on any atom is 0.305 e. The zero-order valence-electron chi connectivity index (χ0n) is 18.7. The summed E-state index contributed by atoms with van der Waals surface area (Å²) in [6.07, 6.45) is -0.534. The van der Waals surface area contributed by atoms with Crippen molar-refractivity contribution in [2.45, 2.75) is 38.1 Å². The standard InChI is InChI=1S/C24H26Br2N2O5S/c1-14(2)22(28-23(32)16-8-17(25)10-18(26)9-16)24(33)27-19(11-21(30)31)20(29)13-34-12-15-6-4-3-5-7-15/h3-10,14,19,22H,11-13H2,1-2H3,(H,27,33)(H,28,32)(H,30,31)/t19?,22-/m0/s1. The van der Waals surface area contributed by atoms with Crippen LogP contribution in [0.2, 0.25) is 0 Å². The van der Waals surface area contributed by atoms with Gasteiger partial charge in [-0.25, -0.2) is 0 Å². The summed E-state index contributed by atoms with van der Waals surface area (Å²) in [5.74, 6) is -2.31. The minimum atomic E-state index is -1.20. The molecule has 0 aliphatic heterocycles. The molecule has 0 saturated carbocycles. The summed E-state index contributed by atoms with van der Waals surface area (Å²) in [5, 5.41) is 14.5. The predicted molar refractivity (Wildman–Crippen MR) is 140 cm³/mol. The van der Waals surface area contributed by atoms with Gasteiger partial charge in [-0.05, 0) is 29.7 Å². The van der Waals surface area contributed by atoms with E-state index in [1.54, 1.807) is 32.0 Å². The van der Waals surface area contributed by atoms with Crippen molar-refractivity contribution < 1.29 is 24.3 Å². The third kappa shape index (κ3) is 9.23. The van der Waals surface area contributed by atoms with Gasteiger partial charge >= 0.3 is 5.97 Å². The molecule has 182 valence electrons. The number of hydrogen-bond acceptors (Lipinski definition) is 5. The van der Waals surface area contributed by atoms with Crippen LogP contribution in [-0.2, 0) is 20.1 Å². The number of nitrogens with one attached hydrogen (secondary N) is 2. The lowest BCUT2D eigenvalue weighted by molar-refractivity contribution is -0.140. The number of carboxylic acid groups (broad SMARTS) is 1. The molecular formula is C24H26Br2N2O5S. The lowest BCUT2D eigenvalue weighted by Gasteiger charge is -2.24. The fourth-order valence-corrected chi connectivity index (χ4v) is 5.30. The molecule has 0 aliphatic rings. The number of ketones is 1. The first-order valence-electron chi connectivity index (χ1n) is 10.5. The van der Waals surface area contributed by atoms with E-state index in [9.17, 15) is 24.3 Å². The van der Waals surface area contributed by atoms with Crippen molar-refractivity contribution in [2.24, 2.45) is 5.92 Å². The molecule has 3 N–H and O–H groups in total. The zero-order chi connectivity index (χ0) is 25.3. The average Bonchev–Trinajstić information content (AvgIpc) is 2.76. The Bertz CT molecular complexity index is 1010. The SMILES string of the molecule is CC(C)[C@H](NC(=O)c1cc(Br)cc(Br)c1)C(=O)NC(CC(=O)O)C(=O)CSCc1ccccc1. The lowest BCUT2D eigenvalue weighted by atomic mass is 10.0. The van der Waals surface area contributed by atoms with E-state index in [0.717, 1.165) is 5.56 Å². The number of carbonyl (C=O) groups is 4. The number of benzene rings is 2. The van der Waals surface area contributed by atoms with E-state index in [4.69, 9.17) is 0 Å². The van der Waals surface area contributed by atoms with Crippen molar-refractivity contribution >= 4 is 67.2 Å². The van der Waals surface area contributed by atoms with E-state index >= 15 is 0 Å². The maximum absolute atomic E-state index is 13.0. The molecule has 0 saturated heterocycles. The molecule has 1 unspecified atom stereocenters. The van der Waals surface area contributed by atoms with E-state index < -0.39 is 36.3 Å². The van der Waals surface area contributed by atoms with Gasteiger partial charge in [0.15, 0.2) is 5.78 Å². The molecule has 0 fully saturated rings. The highest BCUT2D eigenvalue weighted by Crippen LogP contribution is 2.20. The topological polar surface area (TPSA) is 113 Å². The summed E-state index contributed by atoms with van der Waals surface area (Å²) in [4.78, 5) is 49.8. The largest absolute Gasteiger partial charge is 0.481 e. The highest BCUT2D eigenvalue weighted by molar-refractivity contribution is 9.11. The first-order chi connectivity index (χ1) is 16.1. The van der Waals surface area contributed by atoms with Crippen molar-refractivity contribution in [3.63, 3.8) is 0 Å². The fraction of sp³-hybridized carbons (Fsp3) is 0.333. The number of thioether (sulfide) groups is 1. The average molecular weight is 614 g/mol. The molecule has 2 atom stereocenters. The van der Waals surface area contributed by atoms with E-state index in [1.807, 2.05) is 30.3 Å². The van der Waals surface area contributed by atoms with Crippen molar-refractivity contribution in [2.75, 3.05) is 5.75 Å². The maximum atomic E-state index is 13.0. The van der Waals surface area contributed by atoms with Crippen LogP contribution < -0.4 is 10.6 Å². The van der Waals surface area contributed by atoms with Gasteiger partial charge in [-0.2, -0.15) is 0 Å². The van der Waals surface area contributed by atoms with E-state index in [2.05, 4.69) is 42.5 Å². The van der Waals surface area contributed by atoms with Crippen LogP contribution in [0.25, 0.3) is 0 Å². The summed E-state index contributed by atoms with van der Waals surface area (Å²) in [6, 6.07) is 12.5. The molecule has 10 heteroatoms. The molecule has 2 aromatic rings. The van der Waals surface area contributed by atoms with Gasteiger partial charge in [0.2, 0.25) is 5.91 Å². The van der Waals surface area contributed by atoms with Crippen LogP contribution >= 0.6 is 43.6 Å². The summed E-state index contributed by atoms with van der Waals surface area (Å²) in [5.41, 5.74) is 1.39. The van der Waals surface area contributed by atoms with Crippen molar-refractivity contribution in [3.05, 3.63) is 68.6 Å². The van der Waals surface area contributed by atoms with Crippen LogP contribution in [0.1, 0.15) is 36.2 Å². The van der Waals surface area contributed by atoms with Crippen LogP contribution in [-0.4, -0.2) is 46.5 Å². The highest BCUT2D eigenvalue weighted by Gasteiger charge is 2.30. The van der Waals surface area contributed by atoms with Crippen LogP contribution in [0.3, 0.4) is 0 Å². The summed E-state index contributed by atoms with van der Waals surface area (Å²) < 4.78 is 1.38. The smallest absolute Gasteiger partial charge is 0.305 e. The highest BCUT2D eigenvalue weighted by atomic mass is 79.9. The molecule has 34 heavy (non-hydrogen) atoms. The fourth-order valence-electron chi connectivity index (χ4n) is 3.07. The first kappa shape index (κ1) is 28.1. The second-order valence-electron chi connectivity index (χ2n) is 7.96. The molecule has 7 nitrogen and oxygen atoms in total. The van der Waals surface area contributed by atoms with Crippen LogP contribution in [0, 0.1) is 5.92 Å². The second kappa shape index (κ2) is 13.7. The number of rotatable bonds is 12. The Morgan fingerprint density at radius 3 is 2.15 bits per heavy atom. The number of Topliss-reactive ketones (excluding diaryl/α,β-unsaturated/α-hetero) is 1. The Morgan fingerprint density at radius 2 is 1.59 bits per heavy atom. The molecule has 0 aliphatic carbocycles. The summed E-state index contributed by atoms with van der Waals surface area (Å²) in [7, 11) is 0. The molecule has 0 spiro atoms. The van der Waals surface area contributed by atoms with E-state index in [1.165, 1.54) is 11.8 Å². The monoisotopic (exact) mass is 612 g/mol. The van der Waals surface area contributed by atoms with Crippen molar-refractivity contribution in [1.29, 1.82) is 0 Å². The van der Waals surface area contributed by atoms with Crippen molar-refractivity contribution in [3.8, 4) is 0 Å². The Labute approximate surface area is 219 Å². The Kier molecular flexibility index (Phi) is 11.3. The Morgan fingerprint density at radius 1 is 0.971 bits per heavy atom. The Balaban J connectivity index is 2.05. The molecule has 0 heterocycles. The van der Waals surface area contributed by atoms with Crippen LogP contribution in [0.15, 0.2) is 57.5 Å². The quantitative estimate of drug-likeness (QED) is 0.327. The molecule has 2 aromatic carbocycles. The van der Waals surface area contributed by atoms with Gasteiger partial charge in [0.1, 0.15) is 6.04 Å². The minimum absolute atomic E-state index is 0.0535. The third-order valence-electron chi connectivity index (χ3n) is 4.80. The minimum Gasteiger partial charge on any atom is -0.481 e. The predicted octanol–water partition coefficient (Wildman–Crippen LogP) is 4.43. The van der Waals surface area contributed by atoms with Gasteiger partial charge in [0.25, 0.3) is 5.91 Å². The molecule has 0 bridgehead atoms. The van der Waals surface area contributed by atoms with Crippen LogP contribution in [0.4, 0.5) is 0 Å². The molecule has 0 radical (unpaired) electrons. The number of aliphatic carboxylic acids is 1. The van der Waals surface area contributed by atoms with E-state index in [0.29, 0.717) is 20.3 Å². The van der Waals surface area contributed by atoms with Gasteiger partial charge in [-0.1, -0.05) is 76.0 Å². The molecular weight excluding hydrogens is 588 g/mol. The number of halogens is 2.